The molecule has 7 heteroatoms. The van der Waals surface area contributed by atoms with E-state index >= 15 is 0 Å². The molecule has 0 heterocycles. The Bertz CT molecular complexity index is 544. The Morgan fingerprint density at radius 3 is 2.48 bits per heavy atom. The van der Waals surface area contributed by atoms with Crippen molar-refractivity contribution in [3.8, 4) is 0 Å². The highest BCUT2D eigenvalue weighted by atomic mass is 127. The number of nitrogens with one attached hydrogen (secondary N) is 1. The minimum atomic E-state index is -0.940. The summed E-state index contributed by atoms with van der Waals surface area (Å²) < 4.78 is 0.967. The normalized spacial score (nSPS) is 11.1. The predicted molar refractivity (Wildman–Crippen MR) is 91.9 cm³/mol. The van der Waals surface area contributed by atoms with Crippen LogP contribution in [0.25, 0.3) is 0 Å². The van der Waals surface area contributed by atoms with Crippen LogP contribution >= 0.6 is 34.2 Å². The third-order valence-corrected chi connectivity index (χ3v) is 3.76. The number of nitrogens with zero attached hydrogens (tertiary/aromatic N) is 1. The number of halogens is 2. The first-order valence-corrected chi connectivity index (χ1v) is 7.82. The Balaban J connectivity index is 2.88. The van der Waals surface area contributed by atoms with Gasteiger partial charge in [-0.15, -0.1) is 0 Å². The lowest BCUT2D eigenvalue weighted by atomic mass is 10.1. The summed E-state index contributed by atoms with van der Waals surface area (Å²) in [5.41, 5.74) is 0.0153. The molecule has 116 valence electrons. The predicted octanol–water partition coefficient (Wildman–Crippen LogP) is 4.05. The van der Waals surface area contributed by atoms with Crippen LogP contribution in [0.2, 0.25) is 5.02 Å². The van der Waals surface area contributed by atoms with E-state index in [1.807, 2.05) is 26.8 Å². The molecule has 0 aliphatic rings. The van der Waals surface area contributed by atoms with Crippen LogP contribution in [0.5, 0.6) is 0 Å². The number of carbonyl (C=O) groups excluding carboxylic acids is 1. The number of aliphatic carboxylic acids is 1. The number of benzene rings is 1. The fourth-order valence-electron chi connectivity index (χ4n) is 1.72. The smallest absolute Gasteiger partial charge is 0.322 e. The zero-order chi connectivity index (χ0) is 16.2. The van der Waals surface area contributed by atoms with E-state index in [4.69, 9.17) is 16.7 Å². The van der Waals surface area contributed by atoms with Gasteiger partial charge >= 0.3 is 12.0 Å². The minimum absolute atomic E-state index is 0.106. The number of carboxylic acid groups (broad SMARTS) is 1. The molecule has 0 fully saturated rings. The van der Waals surface area contributed by atoms with Gasteiger partial charge in [-0.25, -0.2) is 4.79 Å². The van der Waals surface area contributed by atoms with Crippen molar-refractivity contribution in [3.63, 3.8) is 0 Å². The number of anilines is 1. The van der Waals surface area contributed by atoms with Crippen LogP contribution in [0.15, 0.2) is 18.2 Å². The molecule has 0 saturated carbocycles. The average Bonchev–Trinajstić information content (AvgIpc) is 2.30. The fourth-order valence-corrected chi connectivity index (χ4v) is 2.63. The van der Waals surface area contributed by atoms with Crippen molar-refractivity contribution in [3.05, 3.63) is 26.8 Å². The highest BCUT2D eigenvalue weighted by molar-refractivity contribution is 14.1. The lowest BCUT2D eigenvalue weighted by Gasteiger charge is -2.35. The van der Waals surface area contributed by atoms with Gasteiger partial charge in [0.2, 0.25) is 0 Å². The van der Waals surface area contributed by atoms with E-state index in [-0.39, 0.29) is 19.0 Å². The first kappa shape index (κ1) is 18.0. The molecule has 0 bridgehead atoms. The molecule has 0 unspecified atom stereocenters. The number of hydrogen-bond donors (Lipinski definition) is 2. The quantitative estimate of drug-likeness (QED) is 0.716. The molecule has 1 rings (SSSR count). The molecule has 0 aliphatic carbocycles. The second kappa shape index (κ2) is 7.31. The van der Waals surface area contributed by atoms with E-state index in [2.05, 4.69) is 27.9 Å². The highest BCUT2D eigenvalue weighted by Gasteiger charge is 2.27. The molecule has 0 aromatic heterocycles. The van der Waals surface area contributed by atoms with Crippen molar-refractivity contribution in [2.45, 2.75) is 32.7 Å². The Morgan fingerprint density at radius 1 is 1.38 bits per heavy atom. The first-order chi connectivity index (χ1) is 9.61. The maximum atomic E-state index is 12.4. The van der Waals surface area contributed by atoms with Crippen molar-refractivity contribution in [2.24, 2.45) is 0 Å². The van der Waals surface area contributed by atoms with Crippen LogP contribution in [0.3, 0.4) is 0 Å². The van der Waals surface area contributed by atoms with Gasteiger partial charge in [0.25, 0.3) is 0 Å². The molecule has 0 aliphatic heterocycles. The van der Waals surface area contributed by atoms with E-state index in [0.29, 0.717) is 10.7 Å². The largest absolute Gasteiger partial charge is 0.481 e. The van der Waals surface area contributed by atoms with E-state index in [0.717, 1.165) is 3.57 Å². The zero-order valence-electron chi connectivity index (χ0n) is 12.1. The van der Waals surface area contributed by atoms with E-state index in [1.165, 1.54) is 4.90 Å². The molecule has 1 aromatic rings. The maximum absolute atomic E-state index is 12.4. The standard InChI is InChI=1S/C14H18ClIN2O3/c1-14(2,3)18(7-6-12(19)20)13(21)17-11-5-4-9(16)8-10(11)15/h4-5,8H,6-7H2,1-3H3,(H,17,21)(H,19,20). The van der Waals surface area contributed by atoms with Gasteiger partial charge in [-0.3, -0.25) is 4.79 Å². The van der Waals surface area contributed by atoms with Crippen LogP contribution < -0.4 is 5.32 Å². The molecule has 21 heavy (non-hydrogen) atoms. The summed E-state index contributed by atoms with van der Waals surface area (Å²) in [6, 6.07) is 4.93. The number of rotatable bonds is 4. The lowest BCUT2D eigenvalue weighted by molar-refractivity contribution is -0.137. The van der Waals surface area contributed by atoms with Gasteiger partial charge in [-0.1, -0.05) is 11.6 Å². The van der Waals surface area contributed by atoms with Crippen LogP contribution in [-0.2, 0) is 4.79 Å². The maximum Gasteiger partial charge on any atom is 0.322 e. The summed E-state index contributed by atoms with van der Waals surface area (Å²) in [5.74, 6) is -0.940. The van der Waals surface area contributed by atoms with Crippen molar-refractivity contribution in [2.75, 3.05) is 11.9 Å². The third kappa shape index (κ3) is 5.70. The average molecular weight is 425 g/mol. The summed E-state index contributed by atoms with van der Waals surface area (Å²) in [7, 11) is 0. The van der Waals surface area contributed by atoms with E-state index in [9.17, 15) is 9.59 Å². The van der Waals surface area contributed by atoms with Crippen molar-refractivity contribution in [1.29, 1.82) is 0 Å². The van der Waals surface area contributed by atoms with E-state index in [1.54, 1.807) is 12.1 Å². The molecular formula is C14H18ClIN2O3. The van der Waals surface area contributed by atoms with Gasteiger partial charge in [0.05, 0.1) is 17.1 Å². The van der Waals surface area contributed by atoms with Crippen LogP contribution in [0.4, 0.5) is 10.5 Å². The van der Waals surface area contributed by atoms with Crippen LogP contribution in [-0.4, -0.2) is 34.1 Å². The molecule has 2 amide bonds. The Labute approximate surface area is 142 Å². The zero-order valence-corrected chi connectivity index (χ0v) is 15.0. The summed E-state index contributed by atoms with van der Waals surface area (Å²) in [6.45, 7) is 5.69. The Hall–Kier alpha value is -1.02. The number of amides is 2. The molecule has 0 radical (unpaired) electrons. The number of urea groups is 1. The monoisotopic (exact) mass is 424 g/mol. The first-order valence-electron chi connectivity index (χ1n) is 6.36. The lowest BCUT2D eigenvalue weighted by Crippen LogP contribution is -2.48. The van der Waals surface area contributed by atoms with Gasteiger partial charge in [0.1, 0.15) is 0 Å². The van der Waals surface area contributed by atoms with Gasteiger partial charge in [-0.2, -0.15) is 0 Å². The SMILES string of the molecule is CC(C)(C)N(CCC(=O)O)C(=O)Nc1ccc(I)cc1Cl. The van der Waals surface area contributed by atoms with Crippen LogP contribution in [0, 0.1) is 3.57 Å². The van der Waals surface area contributed by atoms with Gasteiger partial charge in [-0.05, 0) is 61.6 Å². The molecule has 2 N–H and O–H groups in total. The topological polar surface area (TPSA) is 69.6 Å². The number of carboxylic acids is 1. The molecule has 5 nitrogen and oxygen atoms in total. The molecular weight excluding hydrogens is 407 g/mol. The third-order valence-electron chi connectivity index (χ3n) is 2.78. The Morgan fingerprint density at radius 2 is 2.00 bits per heavy atom. The van der Waals surface area contributed by atoms with Crippen molar-refractivity contribution in [1.82, 2.24) is 4.90 Å². The highest BCUT2D eigenvalue weighted by Crippen LogP contribution is 2.25. The summed E-state index contributed by atoms with van der Waals surface area (Å²) in [5, 5.41) is 12.0. The second-order valence-electron chi connectivity index (χ2n) is 5.52. The minimum Gasteiger partial charge on any atom is -0.481 e. The summed E-state index contributed by atoms with van der Waals surface area (Å²) in [6.07, 6.45) is -0.106. The fraction of sp³-hybridized carbons (Fsp3) is 0.429. The van der Waals surface area contributed by atoms with Crippen molar-refractivity contribution >= 4 is 51.9 Å². The van der Waals surface area contributed by atoms with Gasteiger partial charge in [0.15, 0.2) is 0 Å². The van der Waals surface area contributed by atoms with Gasteiger partial charge < -0.3 is 15.3 Å². The molecule has 1 aromatic carbocycles. The number of carbonyl (C=O) groups is 2. The van der Waals surface area contributed by atoms with Crippen molar-refractivity contribution < 1.29 is 14.7 Å². The second-order valence-corrected chi connectivity index (χ2v) is 7.17. The van der Waals surface area contributed by atoms with Gasteiger partial charge in [0, 0.05) is 15.7 Å². The molecule has 0 spiro atoms. The van der Waals surface area contributed by atoms with E-state index < -0.39 is 11.5 Å². The van der Waals surface area contributed by atoms with Crippen LogP contribution in [0.1, 0.15) is 27.2 Å². The molecule has 0 atom stereocenters. The molecule has 0 saturated heterocycles. The summed E-state index contributed by atoms with van der Waals surface area (Å²) in [4.78, 5) is 24.6. The summed E-state index contributed by atoms with van der Waals surface area (Å²) >= 11 is 8.22. The number of hydrogen-bond acceptors (Lipinski definition) is 2. The Kier molecular flexibility index (Phi) is 6.27.